The Morgan fingerprint density at radius 3 is 1.92 bits per heavy atom. The van der Waals surface area contributed by atoms with Crippen molar-refractivity contribution in [1.29, 1.82) is 0 Å². The number of carboxylic acid groups (broad SMARTS) is 1. The highest BCUT2D eigenvalue weighted by Gasteiger charge is 2.33. The van der Waals surface area contributed by atoms with Crippen molar-refractivity contribution >= 4 is 23.9 Å². The molecule has 5 atom stereocenters. The maximum atomic E-state index is 12.6. The number of benzene rings is 1. The number of unbranched alkanes of at least 4 members (excludes halogenated alkanes) is 1. The molecule has 0 aromatic heterocycles. The highest BCUT2D eigenvalue weighted by Crippen LogP contribution is 2.36. The molecule has 0 saturated heterocycles. The van der Waals surface area contributed by atoms with Crippen molar-refractivity contribution in [2.45, 2.75) is 98.4 Å². The van der Waals surface area contributed by atoms with Crippen LogP contribution in [-0.2, 0) is 23.9 Å². The molecular weight excluding hydrogens is 490 g/mol. The van der Waals surface area contributed by atoms with Crippen LogP contribution in [0.1, 0.15) is 98.0 Å². The van der Waals surface area contributed by atoms with Crippen molar-refractivity contribution < 1.29 is 38.5 Å². The predicted octanol–water partition coefficient (Wildman–Crippen LogP) is 5.23. The predicted molar refractivity (Wildman–Crippen MR) is 144 cm³/mol. The maximum absolute atomic E-state index is 12.6. The minimum atomic E-state index is -1.32. The van der Waals surface area contributed by atoms with Crippen LogP contribution >= 0.6 is 0 Å². The van der Waals surface area contributed by atoms with Gasteiger partial charge >= 0.3 is 23.9 Å². The van der Waals surface area contributed by atoms with Crippen LogP contribution in [0.25, 0.3) is 0 Å². The van der Waals surface area contributed by atoms with Gasteiger partial charge in [-0.15, -0.1) is 0 Å². The fourth-order valence-corrected chi connectivity index (χ4v) is 3.85. The quantitative estimate of drug-likeness (QED) is 0.202. The van der Waals surface area contributed by atoms with Crippen molar-refractivity contribution in [3.8, 4) is 11.5 Å². The summed E-state index contributed by atoms with van der Waals surface area (Å²) < 4.78 is 16.5. The van der Waals surface area contributed by atoms with E-state index in [9.17, 15) is 24.3 Å². The van der Waals surface area contributed by atoms with Crippen molar-refractivity contribution in [2.24, 2.45) is 23.5 Å². The first-order chi connectivity index (χ1) is 17.9. The number of aliphatic carboxylic acids is 1. The van der Waals surface area contributed by atoms with Gasteiger partial charge in [-0.2, -0.15) is 0 Å². The fraction of sp³-hybridized carbons (Fsp3) is 0.655. The molecule has 214 valence electrons. The van der Waals surface area contributed by atoms with Crippen LogP contribution in [0.3, 0.4) is 0 Å². The second-order valence-corrected chi connectivity index (χ2v) is 10.2. The first kappa shape index (κ1) is 33.1. The lowest BCUT2D eigenvalue weighted by molar-refractivity contribution is -0.145. The number of ether oxygens (including phenoxy) is 3. The van der Waals surface area contributed by atoms with Gasteiger partial charge < -0.3 is 25.1 Å². The topological polar surface area (TPSA) is 142 Å². The number of hydrogen-bond donors (Lipinski definition) is 2. The molecule has 4 unspecified atom stereocenters. The van der Waals surface area contributed by atoms with Gasteiger partial charge in [0.05, 0.1) is 6.61 Å². The summed E-state index contributed by atoms with van der Waals surface area (Å²) in [5, 5.41) is 9.69. The van der Waals surface area contributed by atoms with Crippen molar-refractivity contribution in [1.82, 2.24) is 0 Å². The number of hydrogen-bond acceptors (Lipinski definition) is 8. The number of rotatable bonds is 17. The molecule has 1 aromatic carbocycles. The summed E-state index contributed by atoms with van der Waals surface area (Å²) in [6, 6.07) is 3.25. The zero-order valence-corrected chi connectivity index (χ0v) is 23.7. The van der Waals surface area contributed by atoms with E-state index in [2.05, 4.69) is 0 Å². The number of carbonyl (C=O) groups is 4. The van der Waals surface area contributed by atoms with E-state index in [1.165, 1.54) is 12.1 Å². The molecule has 0 saturated carbocycles. The summed E-state index contributed by atoms with van der Waals surface area (Å²) in [5.41, 5.74) is 6.53. The number of carboxylic acids is 1. The molecule has 0 radical (unpaired) electrons. The standard InChI is InChI=1S/C29H45NO8/c1-7-10-11-24(31)36-17-20(6)27(28(30)29(34)35)21-12-13-22(37-25(32)14-18(4)8-2)23(16-21)38-26(33)15-19(5)9-3/h12-13,16,18-20,27-28H,7-11,14-15,17,30H2,1-6H3,(H,34,35)/t18?,19?,20?,27?,28-/m0/s1. The Bertz CT molecular complexity index is 931. The second kappa shape index (κ2) is 16.8. The molecule has 0 bridgehead atoms. The third-order valence-corrected chi connectivity index (χ3v) is 6.75. The van der Waals surface area contributed by atoms with Gasteiger partial charge in [0.25, 0.3) is 0 Å². The highest BCUT2D eigenvalue weighted by atomic mass is 16.6. The van der Waals surface area contributed by atoms with Crippen LogP contribution in [0.15, 0.2) is 18.2 Å². The molecule has 0 fully saturated rings. The Balaban J connectivity index is 3.34. The van der Waals surface area contributed by atoms with Crippen LogP contribution in [0.5, 0.6) is 11.5 Å². The summed E-state index contributed by atoms with van der Waals surface area (Å²) in [7, 11) is 0. The molecule has 0 aliphatic heterocycles. The molecular formula is C29H45NO8. The van der Waals surface area contributed by atoms with Crippen molar-refractivity contribution in [3.05, 3.63) is 23.8 Å². The van der Waals surface area contributed by atoms with E-state index >= 15 is 0 Å². The zero-order valence-electron chi connectivity index (χ0n) is 23.7. The minimum Gasteiger partial charge on any atom is -0.480 e. The molecule has 9 heteroatoms. The van der Waals surface area contributed by atoms with Crippen LogP contribution in [0.4, 0.5) is 0 Å². The lowest BCUT2D eigenvalue weighted by Gasteiger charge is -2.28. The summed E-state index contributed by atoms with van der Waals surface area (Å²) in [4.78, 5) is 49.0. The lowest BCUT2D eigenvalue weighted by Crippen LogP contribution is -2.40. The zero-order chi connectivity index (χ0) is 28.8. The summed E-state index contributed by atoms with van der Waals surface area (Å²) >= 11 is 0. The molecule has 0 aliphatic carbocycles. The van der Waals surface area contributed by atoms with Crippen LogP contribution < -0.4 is 15.2 Å². The average molecular weight is 536 g/mol. The Morgan fingerprint density at radius 1 is 0.868 bits per heavy atom. The summed E-state index contributed by atoms with van der Waals surface area (Å²) in [6.07, 6.45) is 3.80. The van der Waals surface area contributed by atoms with E-state index in [0.717, 1.165) is 19.3 Å². The molecule has 9 nitrogen and oxygen atoms in total. The van der Waals surface area contributed by atoms with E-state index in [-0.39, 0.29) is 55.2 Å². The van der Waals surface area contributed by atoms with Crippen molar-refractivity contribution in [2.75, 3.05) is 6.61 Å². The molecule has 38 heavy (non-hydrogen) atoms. The van der Waals surface area contributed by atoms with Gasteiger partial charge in [0.15, 0.2) is 11.5 Å². The highest BCUT2D eigenvalue weighted by molar-refractivity contribution is 5.77. The summed E-state index contributed by atoms with van der Waals surface area (Å²) in [5.74, 6) is -3.47. The second-order valence-electron chi connectivity index (χ2n) is 10.2. The number of nitrogens with two attached hydrogens (primary N) is 1. The molecule has 0 spiro atoms. The fourth-order valence-electron chi connectivity index (χ4n) is 3.85. The van der Waals surface area contributed by atoms with Gasteiger partial charge in [-0.25, -0.2) is 0 Å². The molecule has 0 amide bonds. The van der Waals surface area contributed by atoms with Gasteiger partial charge in [0.1, 0.15) is 6.04 Å². The Morgan fingerprint density at radius 2 is 1.42 bits per heavy atom. The molecule has 1 rings (SSSR count). The average Bonchev–Trinajstić information content (AvgIpc) is 2.87. The molecule has 0 heterocycles. The van der Waals surface area contributed by atoms with Crippen molar-refractivity contribution in [3.63, 3.8) is 0 Å². The molecule has 0 aliphatic rings. The Kier molecular flexibility index (Phi) is 14.6. The van der Waals surface area contributed by atoms with Crippen LogP contribution in [0, 0.1) is 17.8 Å². The first-order valence-corrected chi connectivity index (χ1v) is 13.6. The van der Waals surface area contributed by atoms with E-state index < -0.39 is 35.8 Å². The van der Waals surface area contributed by atoms with Gasteiger partial charge in [0, 0.05) is 25.2 Å². The normalized spacial score (nSPS) is 15.0. The monoisotopic (exact) mass is 535 g/mol. The SMILES string of the molecule is CCCCC(=O)OCC(C)C(c1ccc(OC(=O)CC(C)CC)c(OC(=O)CC(C)CC)c1)[C@H](N)C(=O)O. The molecule has 1 aromatic rings. The van der Waals surface area contributed by atoms with Crippen LogP contribution in [-0.4, -0.2) is 41.6 Å². The largest absolute Gasteiger partial charge is 0.480 e. The van der Waals surface area contributed by atoms with Gasteiger partial charge in [-0.1, -0.05) is 66.9 Å². The van der Waals surface area contributed by atoms with Gasteiger partial charge in [-0.05, 0) is 41.9 Å². The third-order valence-electron chi connectivity index (χ3n) is 6.75. The minimum absolute atomic E-state index is 0.0167. The van der Waals surface area contributed by atoms with Gasteiger partial charge in [-0.3, -0.25) is 19.2 Å². The van der Waals surface area contributed by atoms with E-state index in [1.54, 1.807) is 13.0 Å². The number of carbonyl (C=O) groups excluding carboxylic acids is 3. The van der Waals surface area contributed by atoms with E-state index in [4.69, 9.17) is 19.9 Å². The first-order valence-electron chi connectivity index (χ1n) is 13.6. The number of esters is 3. The van der Waals surface area contributed by atoms with Crippen LogP contribution in [0.2, 0.25) is 0 Å². The third kappa shape index (κ3) is 11.2. The molecule has 3 N–H and O–H groups in total. The smallest absolute Gasteiger partial charge is 0.321 e. The Labute approximate surface area is 226 Å². The van der Waals surface area contributed by atoms with E-state index in [0.29, 0.717) is 12.0 Å². The Hall–Kier alpha value is -2.94. The lowest BCUT2D eigenvalue weighted by atomic mass is 9.82. The maximum Gasteiger partial charge on any atom is 0.321 e. The van der Waals surface area contributed by atoms with E-state index in [1.807, 2.05) is 34.6 Å². The van der Waals surface area contributed by atoms with Gasteiger partial charge in [0.2, 0.25) is 0 Å². The summed E-state index contributed by atoms with van der Waals surface area (Å²) in [6.45, 7) is 11.5.